The molecule has 0 aromatic heterocycles. The van der Waals surface area contributed by atoms with E-state index in [4.69, 9.17) is 10.5 Å². The Morgan fingerprint density at radius 2 is 2.30 bits per heavy atom. The first kappa shape index (κ1) is 7.98. The predicted molar refractivity (Wildman–Crippen MR) is 40.9 cm³/mol. The number of nitrogens with zero attached hydrogens (tertiary/aromatic N) is 1. The second-order valence-electron chi connectivity index (χ2n) is 2.99. The molecular weight excluding hydrogens is 128 g/mol. The molecule has 2 N–H and O–H groups in total. The van der Waals surface area contributed by atoms with Crippen LogP contribution in [-0.4, -0.2) is 44.3 Å². The zero-order valence-electron chi connectivity index (χ0n) is 6.71. The summed E-state index contributed by atoms with van der Waals surface area (Å²) in [6.45, 7) is 2.07. The Labute approximate surface area is 62.1 Å². The van der Waals surface area contributed by atoms with Crippen molar-refractivity contribution in [3.05, 3.63) is 0 Å². The van der Waals surface area contributed by atoms with E-state index in [-0.39, 0.29) is 12.1 Å². The van der Waals surface area contributed by atoms with Crippen molar-refractivity contribution < 1.29 is 4.74 Å². The Hall–Kier alpha value is -0.120. The van der Waals surface area contributed by atoms with E-state index in [0.717, 1.165) is 19.5 Å². The minimum atomic E-state index is 0.235. The molecule has 0 radical (unpaired) electrons. The lowest BCUT2D eigenvalue weighted by molar-refractivity contribution is 0.0256. The van der Waals surface area contributed by atoms with Gasteiger partial charge in [-0.15, -0.1) is 0 Å². The summed E-state index contributed by atoms with van der Waals surface area (Å²) in [6.07, 6.45) is 1.29. The first-order valence-electron chi connectivity index (χ1n) is 3.71. The highest BCUT2D eigenvalue weighted by Gasteiger charge is 2.23. The van der Waals surface area contributed by atoms with Gasteiger partial charge in [0.25, 0.3) is 0 Å². The minimum absolute atomic E-state index is 0.235. The summed E-state index contributed by atoms with van der Waals surface area (Å²) in [7, 11) is 3.82. The lowest BCUT2D eigenvalue weighted by Crippen LogP contribution is -2.50. The van der Waals surface area contributed by atoms with Crippen molar-refractivity contribution in [2.75, 3.05) is 27.2 Å². The van der Waals surface area contributed by atoms with Crippen LogP contribution in [0.3, 0.4) is 0 Å². The average Bonchev–Trinajstić information content (AvgIpc) is 1.94. The molecule has 3 heteroatoms. The van der Waals surface area contributed by atoms with Crippen LogP contribution in [-0.2, 0) is 4.74 Å². The van der Waals surface area contributed by atoms with Crippen LogP contribution in [0.25, 0.3) is 0 Å². The van der Waals surface area contributed by atoms with Gasteiger partial charge >= 0.3 is 0 Å². The van der Waals surface area contributed by atoms with Crippen molar-refractivity contribution >= 4 is 0 Å². The molecule has 0 saturated carbocycles. The van der Waals surface area contributed by atoms with E-state index in [0.29, 0.717) is 0 Å². The smallest absolute Gasteiger partial charge is 0.0849 e. The summed E-state index contributed by atoms with van der Waals surface area (Å²) < 4.78 is 5.21. The third-order valence-corrected chi connectivity index (χ3v) is 2.12. The number of likely N-dealkylation sites (tertiary alicyclic amines) is 1. The second kappa shape index (κ2) is 3.32. The molecule has 1 aliphatic heterocycles. The van der Waals surface area contributed by atoms with Gasteiger partial charge in [-0.05, 0) is 20.0 Å². The maximum atomic E-state index is 5.80. The molecule has 3 nitrogen and oxygen atoms in total. The molecule has 2 atom stereocenters. The number of hydrogen-bond acceptors (Lipinski definition) is 3. The van der Waals surface area contributed by atoms with Crippen LogP contribution in [0.4, 0.5) is 0 Å². The average molecular weight is 144 g/mol. The number of ether oxygens (including phenoxy) is 1. The summed E-state index contributed by atoms with van der Waals surface area (Å²) in [4.78, 5) is 2.25. The molecule has 60 valence electrons. The minimum Gasteiger partial charge on any atom is -0.379 e. The van der Waals surface area contributed by atoms with Crippen LogP contribution >= 0.6 is 0 Å². The van der Waals surface area contributed by atoms with Crippen molar-refractivity contribution in [2.24, 2.45) is 5.73 Å². The SMILES string of the molecule is CO[C@@H]1CN(C)CC[C@H]1N. The van der Waals surface area contributed by atoms with Crippen LogP contribution in [0.5, 0.6) is 0 Å². The Balaban J connectivity index is 2.38. The number of nitrogens with two attached hydrogens (primary N) is 1. The van der Waals surface area contributed by atoms with Crippen molar-refractivity contribution in [1.82, 2.24) is 4.90 Å². The Bertz CT molecular complexity index is 108. The van der Waals surface area contributed by atoms with E-state index in [2.05, 4.69) is 11.9 Å². The Morgan fingerprint density at radius 1 is 1.60 bits per heavy atom. The highest BCUT2D eigenvalue weighted by molar-refractivity contribution is 4.81. The molecule has 0 amide bonds. The van der Waals surface area contributed by atoms with E-state index in [1.807, 2.05) is 0 Å². The molecule has 10 heavy (non-hydrogen) atoms. The van der Waals surface area contributed by atoms with Gasteiger partial charge in [-0.2, -0.15) is 0 Å². The highest BCUT2D eigenvalue weighted by atomic mass is 16.5. The molecule has 1 fully saturated rings. The van der Waals surface area contributed by atoms with Gasteiger partial charge in [0.2, 0.25) is 0 Å². The fourth-order valence-corrected chi connectivity index (χ4v) is 1.34. The van der Waals surface area contributed by atoms with Gasteiger partial charge in [0.1, 0.15) is 0 Å². The summed E-state index contributed by atoms with van der Waals surface area (Å²) in [5.74, 6) is 0. The molecule has 0 aromatic carbocycles. The van der Waals surface area contributed by atoms with Gasteiger partial charge in [0, 0.05) is 19.7 Å². The second-order valence-corrected chi connectivity index (χ2v) is 2.99. The third-order valence-electron chi connectivity index (χ3n) is 2.12. The first-order chi connectivity index (χ1) is 4.74. The standard InChI is InChI=1S/C7H16N2O/c1-9-4-3-6(8)7(5-9)10-2/h6-7H,3-5,8H2,1-2H3/t6-,7-/m1/s1. The maximum Gasteiger partial charge on any atom is 0.0849 e. The van der Waals surface area contributed by atoms with Crippen LogP contribution in [0.2, 0.25) is 0 Å². The number of rotatable bonds is 1. The zero-order chi connectivity index (χ0) is 7.56. The predicted octanol–water partition coefficient (Wildman–Crippen LogP) is -0.336. The normalized spacial score (nSPS) is 36.3. The number of piperidine rings is 1. The van der Waals surface area contributed by atoms with Gasteiger partial charge in [0.05, 0.1) is 6.10 Å². The quantitative estimate of drug-likeness (QED) is 0.547. The summed E-state index contributed by atoms with van der Waals surface area (Å²) >= 11 is 0. The fraction of sp³-hybridized carbons (Fsp3) is 1.00. The molecule has 0 aromatic rings. The van der Waals surface area contributed by atoms with Crippen LogP contribution < -0.4 is 5.73 Å². The third kappa shape index (κ3) is 1.68. The van der Waals surface area contributed by atoms with E-state index in [1.165, 1.54) is 0 Å². The Kier molecular flexibility index (Phi) is 2.65. The molecule has 0 spiro atoms. The van der Waals surface area contributed by atoms with E-state index in [9.17, 15) is 0 Å². The molecule has 0 aliphatic carbocycles. The van der Waals surface area contributed by atoms with Gasteiger partial charge in [-0.25, -0.2) is 0 Å². The van der Waals surface area contributed by atoms with Gasteiger partial charge in [0.15, 0.2) is 0 Å². The summed E-state index contributed by atoms with van der Waals surface area (Å²) in [6, 6.07) is 0.237. The van der Waals surface area contributed by atoms with Gasteiger partial charge in [-0.3, -0.25) is 0 Å². The highest BCUT2D eigenvalue weighted by Crippen LogP contribution is 2.09. The molecule has 0 bridgehead atoms. The fourth-order valence-electron chi connectivity index (χ4n) is 1.34. The number of likely N-dealkylation sites (N-methyl/N-ethyl adjacent to an activating group) is 1. The van der Waals surface area contributed by atoms with Crippen molar-refractivity contribution in [3.8, 4) is 0 Å². The monoisotopic (exact) mass is 144 g/mol. The van der Waals surface area contributed by atoms with Gasteiger partial charge in [-0.1, -0.05) is 0 Å². The maximum absolute atomic E-state index is 5.80. The van der Waals surface area contributed by atoms with Crippen molar-refractivity contribution in [2.45, 2.75) is 18.6 Å². The van der Waals surface area contributed by atoms with E-state index < -0.39 is 0 Å². The van der Waals surface area contributed by atoms with Crippen molar-refractivity contribution in [1.29, 1.82) is 0 Å². The molecule has 1 rings (SSSR count). The molecule has 1 aliphatic rings. The zero-order valence-corrected chi connectivity index (χ0v) is 6.71. The number of hydrogen-bond donors (Lipinski definition) is 1. The van der Waals surface area contributed by atoms with Crippen LogP contribution in [0.15, 0.2) is 0 Å². The van der Waals surface area contributed by atoms with Crippen LogP contribution in [0.1, 0.15) is 6.42 Å². The largest absolute Gasteiger partial charge is 0.379 e. The molecule has 1 heterocycles. The number of methoxy groups -OCH3 is 1. The molecule has 0 unspecified atom stereocenters. The lowest BCUT2D eigenvalue weighted by Gasteiger charge is -2.33. The summed E-state index contributed by atoms with van der Waals surface area (Å²) in [5, 5.41) is 0. The van der Waals surface area contributed by atoms with E-state index in [1.54, 1.807) is 7.11 Å². The lowest BCUT2D eigenvalue weighted by atomic mass is 10.0. The summed E-state index contributed by atoms with van der Waals surface area (Å²) in [5.41, 5.74) is 5.80. The topological polar surface area (TPSA) is 38.5 Å². The van der Waals surface area contributed by atoms with Crippen molar-refractivity contribution in [3.63, 3.8) is 0 Å². The van der Waals surface area contributed by atoms with E-state index >= 15 is 0 Å². The molecular formula is C7H16N2O. The Morgan fingerprint density at radius 3 is 2.80 bits per heavy atom. The van der Waals surface area contributed by atoms with Gasteiger partial charge < -0.3 is 15.4 Å². The first-order valence-corrected chi connectivity index (χ1v) is 3.71. The van der Waals surface area contributed by atoms with Crippen LogP contribution in [0, 0.1) is 0 Å². The molecule has 1 saturated heterocycles.